The van der Waals surface area contributed by atoms with Crippen LogP contribution in [-0.4, -0.2) is 23.7 Å². The molecular formula is C25H30N2O2. The number of aromatic nitrogens is 2. The zero-order chi connectivity index (χ0) is 20.3. The first kappa shape index (κ1) is 20.8. The monoisotopic (exact) mass is 390 g/mol. The zero-order valence-corrected chi connectivity index (χ0v) is 17.4. The molecule has 0 amide bonds. The molecule has 0 atom stereocenters. The van der Waals surface area contributed by atoms with Gasteiger partial charge in [0.05, 0.1) is 13.7 Å². The first-order valence-electron chi connectivity index (χ1n) is 10.5. The van der Waals surface area contributed by atoms with Crippen molar-refractivity contribution in [1.82, 2.24) is 9.97 Å². The summed E-state index contributed by atoms with van der Waals surface area (Å²) in [7, 11) is 1.67. The highest BCUT2D eigenvalue weighted by Gasteiger charge is 2.05. The highest BCUT2D eigenvalue weighted by Crippen LogP contribution is 2.25. The fourth-order valence-electron chi connectivity index (χ4n) is 3.20. The Hall–Kier alpha value is -2.88. The second-order valence-corrected chi connectivity index (χ2v) is 7.17. The van der Waals surface area contributed by atoms with Crippen LogP contribution in [0.25, 0.3) is 22.5 Å². The quantitative estimate of drug-likeness (QED) is 0.348. The molecule has 1 aromatic heterocycles. The number of nitrogens with zero attached hydrogens (tertiary/aromatic N) is 2. The summed E-state index contributed by atoms with van der Waals surface area (Å²) in [6, 6.07) is 15.9. The number of rotatable bonds is 11. The molecular weight excluding hydrogens is 360 g/mol. The number of benzene rings is 2. The van der Waals surface area contributed by atoms with Crippen molar-refractivity contribution >= 4 is 0 Å². The Morgan fingerprint density at radius 3 is 2.17 bits per heavy atom. The maximum Gasteiger partial charge on any atom is 0.159 e. The molecule has 4 heteroatoms. The molecule has 0 unspecified atom stereocenters. The van der Waals surface area contributed by atoms with E-state index in [0.29, 0.717) is 5.82 Å². The van der Waals surface area contributed by atoms with Crippen molar-refractivity contribution < 1.29 is 9.47 Å². The van der Waals surface area contributed by atoms with Crippen molar-refractivity contribution in [3.63, 3.8) is 0 Å². The summed E-state index contributed by atoms with van der Waals surface area (Å²) in [4.78, 5) is 9.06. The summed E-state index contributed by atoms with van der Waals surface area (Å²) in [5.74, 6) is 2.43. The molecule has 152 valence electrons. The van der Waals surface area contributed by atoms with Crippen LogP contribution in [0, 0.1) is 0 Å². The van der Waals surface area contributed by atoms with Gasteiger partial charge in [-0.05, 0) is 48.4 Å². The van der Waals surface area contributed by atoms with Crippen molar-refractivity contribution in [3.05, 3.63) is 60.9 Å². The molecule has 3 rings (SSSR count). The van der Waals surface area contributed by atoms with Crippen LogP contribution in [0.15, 0.2) is 60.9 Å². The zero-order valence-electron chi connectivity index (χ0n) is 17.4. The van der Waals surface area contributed by atoms with Crippen molar-refractivity contribution in [1.29, 1.82) is 0 Å². The summed E-state index contributed by atoms with van der Waals surface area (Å²) in [5.41, 5.74) is 2.98. The average molecular weight is 391 g/mol. The number of unbranched alkanes of at least 4 members (excludes halogenated alkanes) is 5. The summed E-state index contributed by atoms with van der Waals surface area (Å²) in [6.07, 6.45) is 11.3. The maximum absolute atomic E-state index is 5.85. The molecule has 0 aliphatic heterocycles. The number of hydrogen-bond donors (Lipinski definition) is 0. The molecule has 0 spiro atoms. The molecule has 3 aromatic rings. The second-order valence-electron chi connectivity index (χ2n) is 7.17. The highest BCUT2D eigenvalue weighted by atomic mass is 16.5. The van der Waals surface area contributed by atoms with Crippen LogP contribution in [0.1, 0.15) is 45.4 Å². The van der Waals surface area contributed by atoms with Gasteiger partial charge in [-0.15, -0.1) is 0 Å². The Kier molecular flexibility index (Phi) is 8.05. The highest BCUT2D eigenvalue weighted by molar-refractivity contribution is 5.65. The Balaban J connectivity index is 1.53. The van der Waals surface area contributed by atoms with Crippen LogP contribution >= 0.6 is 0 Å². The third kappa shape index (κ3) is 6.31. The van der Waals surface area contributed by atoms with E-state index in [1.807, 2.05) is 60.9 Å². The lowest BCUT2D eigenvalue weighted by Crippen LogP contribution is -1.97. The van der Waals surface area contributed by atoms with E-state index < -0.39 is 0 Å². The number of ether oxygens (including phenoxy) is 2. The van der Waals surface area contributed by atoms with Crippen LogP contribution in [0.4, 0.5) is 0 Å². The van der Waals surface area contributed by atoms with Crippen LogP contribution in [0.2, 0.25) is 0 Å². The van der Waals surface area contributed by atoms with Crippen molar-refractivity contribution in [2.24, 2.45) is 0 Å². The Labute approximate surface area is 173 Å². The van der Waals surface area contributed by atoms with Gasteiger partial charge in [0.2, 0.25) is 0 Å². The predicted molar refractivity (Wildman–Crippen MR) is 118 cm³/mol. The minimum atomic E-state index is 0.708. The Morgan fingerprint density at radius 2 is 1.45 bits per heavy atom. The standard InChI is InChI=1S/C25H30N2O2/c1-3-4-5-6-7-8-16-29-23-14-12-20(13-15-23)25-26-18-22(19-27-25)21-10-9-11-24(17-21)28-2/h9-15,17-19H,3-8,16H2,1-2H3. The van der Waals surface area contributed by atoms with Crippen LogP contribution < -0.4 is 9.47 Å². The van der Waals surface area contributed by atoms with Crippen molar-refractivity contribution in [2.45, 2.75) is 45.4 Å². The molecule has 0 saturated carbocycles. The van der Waals surface area contributed by atoms with E-state index in [1.54, 1.807) is 7.11 Å². The lowest BCUT2D eigenvalue weighted by molar-refractivity contribution is 0.304. The summed E-state index contributed by atoms with van der Waals surface area (Å²) in [5, 5.41) is 0. The van der Waals surface area contributed by atoms with Gasteiger partial charge in [0.25, 0.3) is 0 Å². The smallest absolute Gasteiger partial charge is 0.159 e. The maximum atomic E-state index is 5.85. The third-order valence-electron chi connectivity index (χ3n) is 4.93. The molecule has 0 aliphatic rings. The molecule has 0 N–H and O–H groups in total. The number of methoxy groups -OCH3 is 1. The minimum Gasteiger partial charge on any atom is -0.497 e. The van der Waals surface area contributed by atoms with E-state index in [9.17, 15) is 0 Å². The van der Waals surface area contributed by atoms with Crippen LogP contribution in [-0.2, 0) is 0 Å². The van der Waals surface area contributed by atoms with E-state index >= 15 is 0 Å². The Morgan fingerprint density at radius 1 is 0.724 bits per heavy atom. The molecule has 0 radical (unpaired) electrons. The van der Waals surface area contributed by atoms with Gasteiger partial charge in [-0.1, -0.05) is 51.2 Å². The summed E-state index contributed by atoms with van der Waals surface area (Å²) < 4.78 is 11.1. The van der Waals surface area contributed by atoms with Crippen LogP contribution in [0.3, 0.4) is 0 Å². The number of hydrogen-bond acceptors (Lipinski definition) is 4. The third-order valence-corrected chi connectivity index (χ3v) is 4.93. The SMILES string of the molecule is CCCCCCCCOc1ccc(-c2ncc(-c3cccc(OC)c3)cn2)cc1. The fraction of sp³-hybridized carbons (Fsp3) is 0.360. The van der Waals surface area contributed by atoms with Crippen molar-refractivity contribution in [3.8, 4) is 34.0 Å². The van der Waals surface area contributed by atoms with Gasteiger partial charge in [-0.25, -0.2) is 9.97 Å². The largest absolute Gasteiger partial charge is 0.497 e. The van der Waals surface area contributed by atoms with E-state index in [-0.39, 0.29) is 0 Å². The lowest BCUT2D eigenvalue weighted by Gasteiger charge is -2.08. The molecule has 0 saturated heterocycles. The molecule has 2 aromatic carbocycles. The van der Waals surface area contributed by atoms with Crippen molar-refractivity contribution in [2.75, 3.05) is 13.7 Å². The summed E-state index contributed by atoms with van der Waals surface area (Å²) in [6.45, 7) is 3.02. The first-order chi connectivity index (χ1) is 14.3. The van der Waals surface area contributed by atoms with Gasteiger partial charge in [-0.3, -0.25) is 0 Å². The molecule has 4 nitrogen and oxygen atoms in total. The average Bonchev–Trinajstić information content (AvgIpc) is 2.79. The molecule has 29 heavy (non-hydrogen) atoms. The fourth-order valence-corrected chi connectivity index (χ4v) is 3.20. The molecule has 1 heterocycles. The van der Waals surface area contributed by atoms with Gasteiger partial charge in [0.15, 0.2) is 5.82 Å². The van der Waals surface area contributed by atoms with Gasteiger partial charge in [0.1, 0.15) is 11.5 Å². The van der Waals surface area contributed by atoms with Gasteiger partial charge < -0.3 is 9.47 Å². The lowest BCUT2D eigenvalue weighted by atomic mass is 10.1. The second kappa shape index (κ2) is 11.2. The molecule has 0 bridgehead atoms. The predicted octanol–water partition coefficient (Wildman–Crippen LogP) is 6.56. The summed E-state index contributed by atoms with van der Waals surface area (Å²) >= 11 is 0. The van der Waals surface area contributed by atoms with Gasteiger partial charge in [0, 0.05) is 23.5 Å². The van der Waals surface area contributed by atoms with Crippen LogP contribution in [0.5, 0.6) is 11.5 Å². The van der Waals surface area contributed by atoms with E-state index in [4.69, 9.17) is 9.47 Å². The van der Waals surface area contributed by atoms with Gasteiger partial charge in [-0.2, -0.15) is 0 Å². The normalized spacial score (nSPS) is 10.7. The van der Waals surface area contributed by atoms with Gasteiger partial charge >= 0.3 is 0 Å². The minimum absolute atomic E-state index is 0.708. The van der Waals surface area contributed by atoms with E-state index in [0.717, 1.165) is 41.2 Å². The van der Waals surface area contributed by atoms with E-state index in [2.05, 4.69) is 16.9 Å². The first-order valence-corrected chi connectivity index (χ1v) is 10.5. The van der Waals surface area contributed by atoms with E-state index in [1.165, 1.54) is 32.1 Å². The molecule has 0 aliphatic carbocycles. The topological polar surface area (TPSA) is 44.2 Å². The molecule has 0 fully saturated rings. The Bertz CT molecular complexity index is 861.